The van der Waals surface area contributed by atoms with Crippen LogP contribution in [0.3, 0.4) is 0 Å². The molecule has 12 N–H and O–H groups in total. The number of rotatable bonds is 3. The van der Waals surface area contributed by atoms with E-state index in [1.165, 1.54) is 0 Å². The SMILES string of the molecule is NCCN.NCCN.NCCN.[Cl-].[Cu+2]. The predicted octanol–water partition coefficient (Wildman–Crippen LogP) is -6.29. The van der Waals surface area contributed by atoms with Crippen molar-refractivity contribution in [2.45, 2.75) is 0 Å². The van der Waals surface area contributed by atoms with Crippen molar-refractivity contribution in [2.75, 3.05) is 39.3 Å². The molecule has 0 amide bonds. The third kappa shape index (κ3) is 132. The molecule has 95 valence electrons. The molecule has 0 aromatic heterocycles. The summed E-state index contributed by atoms with van der Waals surface area (Å²) in [5.74, 6) is 0. The molecule has 8 heteroatoms. The van der Waals surface area contributed by atoms with Crippen LogP contribution in [0.15, 0.2) is 0 Å². The molecule has 0 heterocycles. The largest absolute Gasteiger partial charge is 2.00 e. The Balaban J connectivity index is -0.0000000270. The van der Waals surface area contributed by atoms with E-state index in [0.717, 1.165) is 0 Å². The van der Waals surface area contributed by atoms with Crippen LogP contribution in [0.5, 0.6) is 0 Å². The zero-order chi connectivity index (χ0) is 10.2. The van der Waals surface area contributed by atoms with Crippen molar-refractivity contribution in [2.24, 2.45) is 34.4 Å². The van der Waals surface area contributed by atoms with Gasteiger partial charge in [-0.25, -0.2) is 0 Å². The second kappa shape index (κ2) is 49.7. The van der Waals surface area contributed by atoms with Crippen molar-refractivity contribution in [3.8, 4) is 0 Å². The molecular weight excluding hydrogens is 255 g/mol. The molecule has 0 rings (SSSR count). The maximum Gasteiger partial charge on any atom is 2.00 e. The molecule has 0 aromatic carbocycles. The summed E-state index contributed by atoms with van der Waals surface area (Å²) < 4.78 is 0. The Morgan fingerprint density at radius 2 is 0.500 bits per heavy atom. The van der Waals surface area contributed by atoms with Crippen LogP contribution in [-0.4, -0.2) is 39.3 Å². The molecule has 0 aromatic rings. The molecular formula is C6H24ClCuN6+. The number of hydrogen-bond acceptors (Lipinski definition) is 6. The molecule has 1 radical (unpaired) electrons. The van der Waals surface area contributed by atoms with Gasteiger partial charge in [-0.05, 0) is 0 Å². The maximum atomic E-state index is 4.90. The van der Waals surface area contributed by atoms with Gasteiger partial charge in [-0.15, -0.1) is 0 Å². The van der Waals surface area contributed by atoms with Crippen LogP contribution >= 0.6 is 0 Å². The van der Waals surface area contributed by atoms with E-state index in [1.807, 2.05) is 0 Å². The van der Waals surface area contributed by atoms with Crippen LogP contribution in [0.4, 0.5) is 0 Å². The van der Waals surface area contributed by atoms with Gasteiger partial charge in [-0.2, -0.15) is 0 Å². The molecule has 0 unspecified atom stereocenters. The smallest absolute Gasteiger partial charge is 1.00 e. The van der Waals surface area contributed by atoms with E-state index in [-0.39, 0.29) is 29.5 Å². The van der Waals surface area contributed by atoms with Crippen LogP contribution in [0.25, 0.3) is 0 Å². The standard InChI is InChI=1S/3C2H8N2.ClH.Cu/c3*3-1-2-4;;/h3*1-4H2;1H;/q;;;;+2/p-1. The van der Waals surface area contributed by atoms with Gasteiger partial charge in [0.2, 0.25) is 0 Å². The molecule has 0 fully saturated rings. The molecule has 0 atom stereocenters. The Hall–Kier alpha value is 0.569. The van der Waals surface area contributed by atoms with Crippen molar-refractivity contribution < 1.29 is 29.5 Å². The Labute approximate surface area is 103 Å². The molecule has 0 saturated heterocycles. The van der Waals surface area contributed by atoms with Crippen LogP contribution < -0.4 is 46.8 Å². The number of halogens is 1. The van der Waals surface area contributed by atoms with Crippen LogP contribution in [0.1, 0.15) is 0 Å². The van der Waals surface area contributed by atoms with Crippen molar-refractivity contribution in [3.05, 3.63) is 0 Å². The summed E-state index contributed by atoms with van der Waals surface area (Å²) in [6, 6.07) is 0. The van der Waals surface area contributed by atoms with Gasteiger partial charge in [0.25, 0.3) is 0 Å². The Bertz CT molecular complexity index is 37.8. The first-order valence-corrected chi connectivity index (χ1v) is 3.95. The zero-order valence-electron chi connectivity index (χ0n) is 8.39. The second-order valence-corrected chi connectivity index (χ2v) is 1.73. The van der Waals surface area contributed by atoms with Gasteiger partial charge in [-0.3, -0.25) is 0 Å². The Morgan fingerprint density at radius 3 is 0.500 bits per heavy atom. The fourth-order valence-electron chi connectivity index (χ4n) is 0. The average molecular weight is 279 g/mol. The fourth-order valence-corrected chi connectivity index (χ4v) is 0. The first-order chi connectivity index (χ1) is 5.74. The van der Waals surface area contributed by atoms with E-state index in [9.17, 15) is 0 Å². The quantitative estimate of drug-likeness (QED) is 0.282. The first-order valence-electron chi connectivity index (χ1n) is 3.95. The molecule has 14 heavy (non-hydrogen) atoms. The minimum atomic E-state index is 0. The van der Waals surface area contributed by atoms with Crippen molar-refractivity contribution in [3.63, 3.8) is 0 Å². The van der Waals surface area contributed by atoms with E-state index in [4.69, 9.17) is 34.4 Å². The summed E-state index contributed by atoms with van der Waals surface area (Å²) in [5, 5.41) is 0. The third-order valence-corrected chi connectivity index (χ3v) is 0.500. The molecule has 0 aliphatic carbocycles. The van der Waals surface area contributed by atoms with Gasteiger partial charge >= 0.3 is 17.1 Å². The molecule has 0 saturated carbocycles. The summed E-state index contributed by atoms with van der Waals surface area (Å²) >= 11 is 0. The Kier molecular flexibility index (Phi) is 104. The second-order valence-electron chi connectivity index (χ2n) is 1.73. The Morgan fingerprint density at radius 1 is 0.429 bits per heavy atom. The van der Waals surface area contributed by atoms with Crippen molar-refractivity contribution in [1.29, 1.82) is 0 Å². The summed E-state index contributed by atoms with van der Waals surface area (Å²) in [4.78, 5) is 0. The third-order valence-electron chi connectivity index (χ3n) is 0.500. The monoisotopic (exact) mass is 278 g/mol. The minimum absolute atomic E-state index is 0. The van der Waals surface area contributed by atoms with Gasteiger partial charge in [-0.1, -0.05) is 0 Å². The summed E-state index contributed by atoms with van der Waals surface area (Å²) in [6.07, 6.45) is 0. The van der Waals surface area contributed by atoms with Gasteiger partial charge in [0, 0.05) is 39.3 Å². The maximum absolute atomic E-state index is 4.90. The van der Waals surface area contributed by atoms with E-state index in [2.05, 4.69) is 0 Å². The van der Waals surface area contributed by atoms with E-state index >= 15 is 0 Å². The minimum Gasteiger partial charge on any atom is -1.00 e. The predicted molar refractivity (Wildman–Crippen MR) is 54.3 cm³/mol. The summed E-state index contributed by atoms with van der Waals surface area (Å²) in [5.41, 5.74) is 29.4. The number of hydrogen-bond donors (Lipinski definition) is 6. The molecule has 0 aliphatic rings. The normalized spacial score (nSPS) is 6.43. The average Bonchev–Trinajstić information content (AvgIpc) is 2.18. The molecule has 0 aliphatic heterocycles. The molecule has 0 bridgehead atoms. The zero-order valence-corrected chi connectivity index (χ0v) is 10.1. The molecule has 6 nitrogen and oxygen atoms in total. The molecule has 0 spiro atoms. The van der Waals surface area contributed by atoms with E-state index in [1.54, 1.807) is 0 Å². The van der Waals surface area contributed by atoms with Crippen molar-refractivity contribution >= 4 is 0 Å². The van der Waals surface area contributed by atoms with Gasteiger partial charge in [0.1, 0.15) is 0 Å². The van der Waals surface area contributed by atoms with Crippen LogP contribution in [0.2, 0.25) is 0 Å². The summed E-state index contributed by atoms with van der Waals surface area (Å²) in [6.45, 7) is 3.58. The van der Waals surface area contributed by atoms with E-state index < -0.39 is 0 Å². The van der Waals surface area contributed by atoms with E-state index in [0.29, 0.717) is 39.3 Å². The fraction of sp³-hybridized carbons (Fsp3) is 1.00. The van der Waals surface area contributed by atoms with Crippen molar-refractivity contribution in [1.82, 2.24) is 0 Å². The van der Waals surface area contributed by atoms with Gasteiger partial charge < -0.3 is 46.8 Å². The van der Waals surface area contributed by atoms with Gasteiger partial charge in [0.05, 0.1) is 0 Å². The summed E-state index contributed by atoms with van der Waals surface area (Å²) in [7, 11) is 0. The van der Waals surface area contributed by atoms with Crippen LogP contribution in [0, 0.1) is 0 Å². The number of nitrogens with two attached hydrogens (primary N) is 6. The topological polar surface area (TPSA) is 156 Å². The van der Waals surface area contributed by atoms with Crippen LogP contribution in [-0.2, 0) is 17.1 Å². The first kappa shape index (κ1) is 29.3. The van der Waals surface area contributed by atoms with Gasteiger partial charge in [0.15, 0.2) is 0 Å².